The zero-order chi connectivity index (χ0) is 32.1. The van der Waals surface area contributed by atoms with Gasteiger partial charge in [0.15, 0.2) is 0 Å². The minimum atomic E-state index is 0.469. The highest BCUT2D eigenvalue weighted by atomic mass is 15.6. The second kappa shape index (κ2) is 17.1. The molecule has 5 nitrogen and oxygen atoms in total. The van der Waals surface area contributed by atoms with E-state index in [0.717, 1.165) is 25.9 Å². The molecule has 0 amide bonds. The summed E-state index contributed by atoms with van der Waals surface area (Å²) in [5.41, 5.74) is 5.19. The normalized spacial score (nSPS) is 20.3. The Bertz CT molecular complexity index is 1170. The molecule has 0 bridgehead atoms. The van der Waals surface area contributed by atoms with Crippen molar-refractivity contribution in [2.24, 2.45) is 0 Å². The van der Waals surface area contributed by atoms with Crippen molar-refractivity contribution in [2.75, 3.05) is 61.0 Å². The molecule has 5 rings (SSSR count). The van der Waals surface area contributed by atoms with Crippen molar-refractivity contribution in [3.05, 3.63) is 121 Å². The predicted molar refractivity (Wildman–Crippen MR) is 199 cm³/mol. The number of para-hydroxylation sites is 4. The summed E-state index contributed by atoms with van der Waals surface area (Å²) in [6.45, 7) is 2.07. The van der Waals surface area contributed by atoms with E-state index in [1.165, 1.54) is 61.3 Å². The lowest BCUT2D eigenvalue weighted by Crippen LogP contribution is -2.45. The van der Waals surface area contributed by atoms with Gasteiger partial charge in [0.2, 0.25) is 0 Å². The Hall–Kier alpha value is -3.96. The molecule has 1 heterocycles. The first-order valence-corrected chi connectivity index (χ1v) is 17.4. The number of nitrogens with zero attached hydrogens (tertiary/aromatic N) is 5. The zero-order valence-corrected chi connectivity index (χ0v) is 28.6. The van der Waals surface area contributed by atoms with Crippen LogP contribution in [-0.4, -0.2) is 64.4 Å². The number of rotatable bonds is 8. The van der Waals surface area contributed by atoms with Crippen molar-refractivity contribution in [3.63, 3.8) is 0 Å². The average Bonchev–Trinajstić information content (AvgIpc) is 3.12. The van der Waals surface area contributed by atoms with E-state index in [9.17, 15) is 0 Å². The molecule has 3 atom stereocenters. The Balaban J connectivity index is 1.41. The highest BCUT2D eigenvalue weighted by Crippen LogP contribution is 2.28. The largest absolute Gasteiger partial charge is 0.372 e. The Morgan fingerprint density at radius 1 is 0.391 bits per heavy atom. The van der Waals surface area contributed by atoms with Gasteiger partial charge < -0.3 is 19.7 Å². The lowest BCUT2D eigenvalue weighted by atomic mass is 9.94. The van der Waals surface area contributed by atoms with Crippen LogP contribution in [0.2, 0.25) is 0 Å². The third-order valence-corrected chi connectivity index (χ3v) is 10.3. The molecule has 3 unspecified atom stereocenters. The van der Waals surface area contributed by atoms with E-state index in [1.54, 1.807) is 0 Å². The van der Waals surface area contributed by atoms with Crippen LogP contribution < -0.4 is 19.7 Å². The first-order chi connectivity index (χ1) is 22.5. The van der Waals surface area contributed by atoms with Gasteiger partial charge in [-0.25, -0.2) is 5.01 Å². The summed E-state index contributed by atoms with van der Waals surface area (Å²) in [6, 6.07) is 45.3. The van der Waals surface area contributed by atoms with Crippen LogP contribution in [0.15, 0.2) is 121 Å². The molecule has 244 valence electrons. The number of benzene rings is 4. The Kier molecular flexibility index (Phi) is 12.4. The van der Waals surface area contributed by atoms with E-state index in [1.807, 2.05) is 0 Å². The molecule has 0 aliphatic carbocycles. The maximum Gasteiger partial charge on any atom is 0.0518 e. The minimum Gasteiger partial charge on any atom is -0.372 e. The van der Waals surface area contributed by atoms with E-state index >= 15 is 0 Å². The van der Waals surface area contributed by atoms with Gasteiger partial charge in [-0.1, -0.05) is 72.8 Å². The molecule has 1 saturated heterocycles. The first kappa shape index (κ1) is 33.4. The summed E-state index contributed by atoms with van der Waals surface area (Å²) >= 11 is 0. The van der Waals surface area contributed by atoms with Gasteiger partial charge in [-0.2, -0.15) is 0 Å². The topological polar surface area (TPSA) is 16.2 Å². The van der Waals surface area contributed by atoms with Gasteiger partial charge in [0.25, 0.3) is 0 Å². The fourth-order valence-electron chi connectivity index (χ4n) is 7.22. The van der Waals surface area contributed by atoms with Crippen LogP contribution >= 0.6 is 0 Å². The quantitative estimate of drug-likeness (QED) is 0.196. The summed E-state index contributed by atoms with van der Waals surface area (Å²) in [4.78, 5) is 7.63. The van der Waals surface area contributed by atoms with Gasteiger partial charge in [-0.05, 0) is 99.9 Å². The number of hydrazine groups is 1. The van der Waals surface area contributed by atoms with E-state index in [0.29, 0.717) is 18.1 Å². The standard InChI is InChI=1S/C41H55N5/c1-42(35-19-9-5-10-20-35)38-27-17-28-40(44(3)37-23-13-7-14-24-37)32-34-46(45(4)41-25-15-8-16-26-41)33-18-29-39(31-30-38)43(2)36-21-11-6-12-22-36/h5-16,19-26,38-40H,17-18,27-34H2,1-4H3. The van der Waals surface area contributed by atoms with Gasteiger partial charge in [0, 0.05) is 76.5 Å². The number of hydrogen-bond acceptors (Lipinski definition) is 5. The molecule has 0 saturated carbocycles. The maximum absolute atomic E-state index is 2.60. The molecule has 1 fully saturated rings. The third kappa shape index (κ3) is 9.07. The third-order valence-electron chi connectivity index (χ3n) is 10.3. The van der Waals surface area contributed by atoms with Gasteiger partial charge in [0.1, 0.15) is 0 Å². The van der Waals surface area contributed by atoms with Crippen LogP contribution in [0.4, 0.5) is 22.7 Å². The van der Waals surface area contributed by atoms with E-state index < -0.39 is 0 Å². The maximum atomic E-state index is 2.60. The molecule has 5 heteroatoms. The summed E-state index contributed by atoms with van der Waals surface area (Å²) in [6.07, 6.45) is 9.37. The molecule has 0 spiro atoms. The van der Waals surface area contributed by atoms with Gasteiger partial charge in [-0.15, -0.1) is 0 Å². The molecule has 46 heavy (non-hydrogen) atoms. The molecule has 4 aromatic carbocycles. The Morgan fingerprint density at radius 2 is 0.739 bits per heavy atom. The van der Waals surface area contributed by atoms with Crippen molar-refractivity contribution in [2.45, 2.75) is 69.5 Å². The summed E-state index contributed by atoms with van der Waals surface area (Å²) in [5, 5.41) is 4.99. The van der Waals surface area contributed by atoms with Gasteiger partial charge in [0.05, 0.1) is 5.69 Å². The highest BCUT2D eigenvalue weighted by molar-refractivity contribution is 5.48. The summed E-state index contributed by atoms with van der Waals surface area (Å²) in [7, 11) is 9.15. The average molecular weight is 618 g/mol. The number of hydrogen-bond donors (Lipinski definition) is 0. The second-order valence-electron chi connectivity index (χ2n) is 13.1. The molecule has 0 aromatic heterocycles. The highest BCUT2D eigenvalue weighted by Gasteiger charge is 2.25. The predicted octanol–water partition coefficient (Wildman–Crippen LogP) is 8.99. The fourth-order valence-corrected chi connectivity index (χ4v) is 7.22. The van der Waals surface area contributed by atoms with Crippen molar-refractivity contribution in [1.29, 1.82) is 0 Å². The van der Waals surface area contributed by atoms with Crippen molar-refractivity contribution in [1.82, 2.24) is 5.01 Å². The molecule has 1 aliphatic heterocycles. The SMILES string of the molecule is CN(c1ccccc1)C1CCCC(N(C)c2ccccc2)CCN(N(C)c2ccccc2)CCCC(N(C)c2ccccc2)CC1. The first-order valence-electron chi connectivity index (χ1n) is 17.4. The van der Waals surface area contributed by atoms with Crippen molar-refractivity contribution < 1.29 is 0 Å². The lowest BCUT2D eigenvalue weighted by molar-refractivity contribution is 0.240. The smallest absolute Gasteiger partial charge is 0.0518 e. The molecule has 4 aromatic rings. The van der Waals surface area contributed by atoms with Gasteiger partial charge >= 0.3 is 0 Å². The van der Waals surface area contributed by atoms with Crippen LogP contribution in [0.3, 0.4) is 0 Å². The van der Waals surface area contributed by atoms with Crippen LogP contribution in [0.1, 0.15) is 51.4 Å². The van der Waals surface area contributed by atoms with Crippen LogP contribution in [-0.2, 0) is 0 Å². The van der Waals surface area contributed by atoms with Crippen molar-refractivity contribution >= 4 is 22.7 Å². The molecular formula is C41H55N5. The molecule has 0 radical (unpaired) electrons. The van der Waals surface area contributed by atoms with E-state index in [2.05, 4.69) is 174 Å². The van der Waals surface area contributed by atoms with E-state index in [-0.39, 0.29) is 0 Å². The monoisotopic (exact) mass is 617 g/mol. The molecule has 0 N–H and O–H groups in total. The Morgan fingerprint density at radius 3 is 1.15 bits per heavy atom. The summed E-state index contributed by atoms with van der Waals surface area (Å²) in [5.74, 6) is 0. The van der Waals surface area contributed by atoms with Crippen LogP contribution in [0.5, 0.6) is 0 Å². The second-order valence-corrected chi connectivity index (χ2v) is 13.1. The van der Waals surface area contributed by atoms with Crippen molar-refractivity contribution in [3.8, 4) is 0 Å². The minimum absolute atomic E-state index is 0.469. The Labute approximate surface area is 279 Å². The van der Waals surface area contributed by atoms with E-state index in [4.69, 9.17) is 0 Å². The zero-order valence-electron chi connectivity index (χ0n) is 28.6. The lowest BCUT2D eigenvalue weighted by Gasteiger charge is -2.39. The molecule has 1 aliphatic rings. The fraction of sp³-hybridized carbons (Fsp3) is 0.415. The summed E-state index contributed by atoms with van der Waals surface area (Å²) < 4.78 is 0. The van der Waals surface area contributed by atoms with Crippen LogP contribution in [0.25, 0.3) is 0 Å². The molecular weight excluding hydrogens is 562 g/mol. The van der Waals surface area contributed by atoms with Gasteiger partial charge in [-0.3, -0.25) is 0 Å². The number of anilines is 4. The van der Waals surface area contributed by atoms with Crippen LogP contribution in [0, 0.1) is 0 Å².